The molecule has 1 aliphatic heterocycles. The zero-order valence-electron chi connectivity index (χ0n) is 23.5. The number of nitro benzene ring substituents is 1. The molecule has 0 bridgehead atoms. The number of nitro groups is 1. The number of amides is 3. The van der Waals surface area contributed by atoms with Gasteiger partial charge in [-0.25, -0.2) is 4.79 Å². The molecule has 14 heteroatoms. The normalized spacial score (nSPS) is 13.6. The maximum absolute atomic E-state index is 13.0. The zero-order chi connectivity index (χ0) is 31.8. The van der Waals surface area contributed by atoms with Crippen molar-refractivity contribution in [3.63, 3.8) is 0 Å². The summed E-state index contributed by atoms with van der Waals surface area (Å²) >= 11 is 6.75. The van der Waals surface area contributed by atoms with Gasteiger partial charge in [-0.1, -0.05) is 17.7 Å². The Morgan fingerprint density at radius 1 is 1.00 bits per heavy atom. The van der Waals surface area contributed by atoms with Crippen LogP contribution in [0.15, 0.2) is 65.6 Å². The number of non-ortho nitro benzene ring substituents is 1. The van der Waals surface area contributed by atoms with Crippen LogP contribution in [0, 0.1) is 10.1 Å². The summed E-state index contributed by atoms with van der Waals surface area (Å²) in [5, 5.41) is 13.0. The number of thioether (sulfide) groups is 1. The first-order chi connectivity index (χ1) is 21.1. The molecule has 0 saturated carbocycles. The van der Waals surface area contributed by atoms with Crippen molar-refractivity contribution in [1.29, 1.82) is 0 Å². The molecule has 0 unspecified atom stereocenters. The third-order valence-corrected chi connectivity index (χ3v) is 7.26. The fourth-order valence-electron chi connectivity index (χ4n) is 3.98. The molecule has 4 rings (SSSR count). The monoisotopic (exact) mass is 639 g/mol. The van der Waals surface area contributed by atoms with Crippen molar-refractivity contribution in [3.8, 4) is 11.5 Å². The number of rotatable bonds is 12. The average molecular weight is 640 g/mol. The van der Waals surface area contributed by atoms with Crippen LogP contribution in [0.25, 0.3) is 6.08 Å². The van der Waals surface area contributed by atoms with E-state index in [1.165, 1.54) is 36.4 Å². The Morgan fingerprint density at radius 2 is 1.75 bits per heavy atom. The predicted molar refractivity (Wildman–Crippen MR) is 164 cm³/mol. The van der Waals surface area contributed by atoms with Crippen LogP contribution in [0.3, 0.4) is 0 Å². The molecule has 0 radical (unpaired) electrons. The van der Waals surface area contributed by atoms with Crippen molar-refractivity contribution in [3.05, 3.63) is 97.4 Å². The minimum absolute atomic E-state index is 0.0238. The topological polar surface area (TPSA) is 154 Å². The quantitative estimate of drug-likeness (QED) is 0.107. The van der Waals surface area contributed by atoms with Crippen LogP contribution in [0.1, 0.15) is 35.3 Å². The second kappa shape index (κ2) is 14.5. The number of anilines is 1. The van der Waals surface area contributed by atoms with Crippen LogP contribution in [0.5, 0.6) is 11.5 Å². The second-order valence-corrected chi connectivity index (χ2v) is 10.5. The van der Waals surface area contributed by atoms with E-state index in [1.807, 2.05) is 0 Å². The molecular weight excluding hydrogens is 614 g/mol. The minimum atomic E-state index is -0.654. The first kappa shape index (κ1) is 32.0. The van der Waals surface area contributed by atoms with Crippen molar-refractivity contribution in [2.24, 2.45) is 0 Å². The molecule has 44 heavy (non-hydrogen) atoms. The van der Waals surface area contributed by atoms with Crippen molar-refractivity contribution in [1.82, 2.24) is 4.90 Å². The number of nitrogens with one attached hydrogen (secondary N) is 1. The van der Waals surface area contributed by atoms with Gasteiger partial charge in [0.25, 0.3) is 16.8 Å². The molecule has 0 aromatic heterocycles. The largest absolute Gasteiger partial charge is 0.490 e. The molecule has 3 aromatic carbocycles. The molecule has 3 amide bonds. The number of carbonyl (C=O) groups is 4. The van der Waals surface area contributed by atoms with Crippen molar-refractivity contribution >= 4 is 63.8 Å². The van der Waals surface area contributed by atoms with Crippen molar-refractivity contribution in [2.75, 3.05) is 25.1 Å². The first-order valence-electron chi connectivity index (χ1n) is 13.2. The minimum Gasteiger partial charge on any atom is -0.490 e. The molecule has 12 nitrogen and oxygen atoms in total. The lowest BCUT2D eigenvalue weighted by molar-refractivity contribution is -0.384. The van der Waals surface area contributed by atoms with E-state index in [0.717, 1.165) is 10.5 Å². The van der Waals surface area contributed by atoms with E-state index in [-0.39, 0.29) is 40.1 Å². The highest BCUT2D eigenvalue weighted by atomic mass is 35.5. The van der Waals surface area contributed by atoms with Gasteiger partial charge in [-0.3, -0.25) is 29.4 Å². The number of halogens is 1. The molecule has 228 valence electrons. The highest BCUT2D eigenvalue weighted by molar-refractivity contribution is 8.18. The Kier molecular flexibility index (Phi) is 10.6. The second-order valence-electron chi connectivity index (χ2n) is 9.08. The number of benzene rings is 3. The smallest absolute Gasteiger partial charge is 0.339 e. The van der Waals surface area contributed by atoms with Crippen molar-refractivity contribution < 1.29 is 38.3 Å². The Labute approximate surface area is 261 Å². The number of carbonyl (C=O) groups excluding carboxylic acids is 4. The van der Waals surface area contributed by atoms with Gasteiger partial charge in [0.05, 0.1) is 33.6 Å². The number of imide groups is 1. The van der Waals surface area contributed by atoms with Gasteiger partial charge in [0, 0.05) is 17.8 Å². The van der Waals surface area contributed by atoms with Gasteiger partial charge in [-0.15, -0.1) is 0 Å². The number of ether oxygens (including phenoxy) is 3. The van der Waals surface area contributed by atoms with Gasteiger partial charge < -0.3 is 19.5 Å². The van der Waals surface area contributed by atoms with Gasteiger partial charge in [-0.2, -0.15) is 0 Å². The van der Waals surface area contributed by atoms with Crippen LogP contribution in [0.2, 0.25) is 5.02 Å². The van der Waals surface area contributed by atoms with E-state index in [4.69, 9.17) is 25.8 Å². The number of esters is 1. The molecule has 0 atom stereocenters. The van der Waals surface area contributed by atoms with Gasteiger partial charge in [-0.05, 0) is 85.3 Å². The van der Waals surface area contributed by atoms with Gasteiger partial charge in [0.1, 0.15) is 13.2 Å². The van der Waals surface area contributed by atoms with Crippen LogP contribution in [0.4, 0.5) is 16.2 Å². The molecule has 0 spiro atoms. The molecule has 1 N–H and O–H groups in total. The van der Waals surface area contributed by atoms with Crippen molar-refractivity contribution in [2.45, 2.75) is 20.5 Å². The summed E-state index contributed by atoms with van der Waals surface area (Å²) in [4.78, 5) is 61.7. The van der Waals surface area contributed by atoms with Crippen LogP contribution < -0.4 is 14.8 Å². The molecule has 3 aromatic rings. The summed E-state index contributed by atoms with van der Waals surface area (Å²) in [7, 11) is 0. The van der Waals surface area contributed by atoms with E-state index in [1.54, 1.807) is 44.2 Å². The Hall–Kier alpha value is -4.88. The standard InChI is InChI=1S/C30H26ClN3O9S/c1-3-41-25-13-19(7-12-24(25)43-17-18-5-9-21(10-6-18)34(39)40)14-26-28(36)33(30(38)44-26)16-27(35)32-20-8-11-23(31)22(15-20)29(37)42-4-2/h5-15H,3-4,16-17H2,1-2H3,(H,32,35)/b26-14+. The summed E-state index contributed by atoms with van der Waals surface area (Å²) < 4.78 is 16.5. The number of hydrogen-bond acceptors (Lipinski definition) is 10. The van der Waals surface area contributed by atoms with Gasteiger partial charge in [0.15, 0.2) is 11.5 Å². The summed E-state index contributed by atoms with van der Waals surface area (Å²) in [6.45, 7) is 3.52. The van der Waals surface area contributed by atoms with Crippen LogP contribution in [-0.4, -0.2) is 52.6 Å². The third kappa shape index (κ3) is 7.94. The molecule has 1 heterocycles. The highest BCUT2D eigenvalue weighted by Gasteiger charge is 2.36. The maximum Gasteiger partial charge on any atom is 0.339 e. The molecule has 1 saturated heterocycles. The van der Waals surface area contributed by atoms with E-state index in [2.05, 4.69) is 5.32 Å². The molecular formula is C30H26ClN3O9S. The predicted octanol–water partition coefficient (Wildman–Crippen LogP) is 6.08. The molecule has 1 fully saturated rings. The average Bonchev–Trinajstić information content (AvgIpc) is 3.25. The van der Waals surface area contributed by atoms with E-state index < -0.39 is 34.5 Å². The van der Waals surface area contributed by atoms with E-state index >= 15 is 0 Å². The SMILES string of the molecule is CCOC(=O)c1cc(NC(=O)CN2C(=O)S/C(=C/c3ccc(OCc4ccc([N+](=O)[O-])cc4)c(OCC)c3)C2=O)ccc1Cl. The first-order valence-corrected chi connectivity index (χ1v) is 14.4. The van der Waals surface area contributed by atoms with E-state index in [0.29, 0.717) is 35.4 Å². The zero-order valence-corrected chi connectivity index (χ0v) is 25.1. The summed E-state index contributed by atoms with van der Waals surface area (Å²) in [5.41, 5.74) is 1.55. The highest BCUT2D eigenvalue weighted by Crippen LogP contribution is 2.35. The summed E-state index contributed by atoms with van der Waals surface area (Å²) in [5.74, 6) is -1.14. The third-order valence-electron chi connectivity index (χ3n) is 6.03. The van der Waals surface area contributed by atoms with Crippen LogP contribution >= 0.6 is 23.4 Å². The van der Waals surface area contributed by atoms with Gasteiger partial charge >= 0.3 is 5.97 Å². The Bertz CT molecular complexity index is 1640. The lowest BCUT2D eigenvalue weighted by atomic mass is 10.1. The summed E-state index contributed by atoms with van der Waals surface area (Å²) in [6, 6.07) is 15.2. The van der Waals surface area contributed by atoms with Crippen LogP contribution in [-0.2, 0) is 20.9 Å². The lowest BCUT2D eigenvalue weighted by Crippen LogP contribution is -2.36. The fraction of sp³-hybridized carbons (Fsp3) is 0.200. The number of nitrogens with zero attached hydrogens (tertiary/aromatic N) is 2. The Balaban J connectivity index is 1.42. The fourth-order valence-corrected chi connectivity index (χ4v) is 5.01. The van der Waals surface area contributed by atoms with E-state index in [9.17, 15) is 29.3 Å². The number of hydrogen-bond donors (Lipinski definition) is 1. The molecule has 0 aliphatic carbocycles. The van der Waals surface area contributed by atoms with Gasteiger partial charge in [0.2, 0.25) is 5.91 Å². The maximum atomic E-state index is 13.0. The molecule has 1 aliphatic rings. The summed E-state index contributed by atoms with van der Waals surface area (Å²) in [6.07, 6.45) is 1.51. The lowest BCUT2D eigenvalue weighted by Gasteiger charge is -2.13. The Morgan fingerprint density at radius 3 is 2.43 bits per heavy atom.